The van der Waals surface area contributed by atoms with Gasteiger partial charge in [0.25, 0.3) is 0 Å². The molecule has 14 heavy (non-hydrogen) atoms. The van der Waals surface area contributed by atoms with Gasteiger partial charge in [0.1, 0.15) is 0 Å². The maximum absolute atomic E-state index is 11.3. The molecule has 0 saturated carbocycles. The topological polar surface area (TPSA) is 42.0 Å². The number of rotatable bonds is 5. The predicted octanol–water partition coefficient (Wildman–Crippen LogP) is 2.80. The largest absolute Gasteiger partial charge is 0.302 e. The molecule has 0 aliphatic heterocycles. The first-order valence-electron chi connectivity index (χ1n) is 4.50. The average molecular weight is 233 g/mol. The van der Waals surface area contributed by atoms with Gasteiger partial charge in [0, 0.05) is 17.7 Å². The van der Waals surface area contributed by atoms with E-state index in [1.807, 2.05) is 12.3 Å². The lowest BCUT2D eigenvalue weighted by Crippen LogP contribution is -2.10. The van der Waals surface area contributed by atoms with Gasteiger partial charge in [0.2, 0.25) is 5.91 Å². The number of aryl methyl sites for hydroxylation is 1. The number of nitrogens with zero attached hydrogens (tertiary/aromatic N) is 1. The lowest BCUT2D eigenvalue weighted by atomic mass is 10.2. The Balaban J connectivity index is 2.27. The summed E-state index contributed by atoms with van der Waals surface area (Å²) >= 11 is 6.95. The van der Waals surface area contributed by atoms with E-state index in [1.54, 1.807) is 0 Å². The van der Waals surface area contributed by atoms with Crippen molar-refractivity contribution in [3.8, 4) is 0 Å². The third-order valence-corrected chi connectivity index (χ3v) is 2.80. The molecular formula is C9H13ClN2OS. The van der Waals surface area contributed by atoms with Crippen molar-refractivity contribution >= 4 is 34.0 Å². The van der Waals surface area contributed by atoms with Crippen molar-refractivity contribution in [3.63, 3.8) is 0 Å². The Bertz CT molecular complexity index is 301. The second-order valence-electron chi connectivity index (χ2n) is 2.99. The summed E-state index contributed by atoms with van der Waals surface area (Å²) in [5.74, 6) is 0.633. The first-order chi connectivity index (χ1) is 6.72. The van der Waals surface area contributed by atoms with E-state index in [2.05, 4.69) is 10.3 Å². The number of amides is 1. The maximum Gasteiger partial charge on any atom is 0.226 e. The number of unbranched alkanes of at least 4 members (excludes halogenated alkanes) is 1. The van der Waals surface area contributed by atoms with E-state index in [-0.39, 0.29) is 5.91 Å². The number of carbonyl (C=O) groups is 1. The smallest absolute Gasteiger partial charge is 0.226 e. The van der Waals surface area contributed by atoms with Crippen LogP contribution in [0.25, 0.3) is 0 Å². The number of nitrogens with one attached hydrogen (secondary N) is 1. The molecule has 5 heteroatoms. The number of hydrogen-bond donors (Lipinski definition) is 1. The first-order valence-corrected chi connectivity index (χ1v) is 5.91. The molecular weight excluding hydrogens is 220 g/mol. The van der Waals surface area contributed by atoms with Gasteiger partial charge in [0.05, 0.1) is 5.69 Å². The van der Waals surface area contributed by atoms with Crippen LogP contribution in [0.2, 0.25) is 0 Å². The fraction of sp³-hybridized carbons (Fsp3) is 0.556. The van der Waals surface area contributed by atoms with Gasteiger partial charge < -0.3 is 5.32 Å². The van der Waals surface area contributed by atoms with Crippen molar-refractivity contribution in [1.29, 1.82) is 0 Å². The molecule has 78 valence electrons. The minimum Gasteiger partial charge on any atom is -0.302 e. The van der Waals surface area contributed by atoms with Crippen LogP contribution in [0, 0.1) is 6.92 Å². The van der Waals surface area contributed by atoms with Crippen LogP contribution < -0.4 is 5.32 Å². The highest BCUT2D eigenvalue weighted by molar-refractivity contribution is 7.13. The minimum atomic E-state index is 0.0180. The third kappa shape index (κ3) is 4.07. The molecule has 1 aromatic heterocycles. The van der Waals surface area contributed by atoms with Gasteiger partial charge in [0.15, 0.2) is 5.13 Å². The molecule has 0 unspecified atom stereocenters. The van der Waals surface area contributed by atoms with Gasteiger partial charge in [-0.2, -0.15) is 0 Å². The van der Waals surface area contributed by atoms with Crippen LogP contribution >= 0.6 is 22.9 Å². The summed E-state index contributed by atoms with van der Waals surface area (Å²) in [6.45, 7) is 1.90. The molecule has 0 fully saturated rings. The van der Waals surface area contributed by atoms with Crippen molar-refractivity contribution in [2.75, 3.05) is 11.2 Å². The monoisotopic (exact) mass is 232 g/mol. The SMILES string of the molecule is Cc1csc(NC(=O)CCCCCl)n1. The number of carbonyl (C=O) groups excluding carboxylic acids is 1. The quantitative estimate of drug-likeness (QED) is 0.627. The molecule has 0 atom stereocenters. The van der Waals surface area contributed by atoms with Gasteiger partial charge in [-0.3, -0.25) is 4.79 Å². The summed E-state index contributed by atoms with van der Waals surface area (Å²) in [7, 11) is 0. The van der Waals surface area contributed by atoms with E-state index in [9.17, 15) is 4.79 Å². The zero-order chi connectivity index (χ0) is 10.4. The number of alkyl halides is 1. The molecule has 1 rings (SSSR count). The fourth-order valence-electron chi connectivity index (χ4n) is 0.973. The summed E-state index contributed by atoms with van der Waals surface area (Å²) in [5, 5.41) is 5.34. The molecule has 0 aliphatic rings. The van der Waals surface area contributed by atoms with Crippen LogP contribution in [0.5, 0.6) is 0 Å². The number of halogens is 1. The molecule has 0 aliphatic carbocycles. The van der Waals surface area contributed by atoms with Crippen molar-refractivity contribution < 1.29 is 4.79 Å². The van der Waals surface area contributed by atoms with Crippen LogP contribution in [-0.2, 0) is 4.79 Å². The Morgan fingerprint density at radius 2 is 2.43 bits per heavy atom. The molecule has 1 amide bonds. The maximum atomic E-state index is 11.3. The second-order valence-corrected chi connectivity index (χ2v) is 4.22. The molecule has 1 heterocycles. The van der Waals surface area contributed by atoms with Crippen molar-refractivity contribution in [1.82, 2.24) is 4.98 Å². The van der Waals surface area contributed by atoms with E-state index in [1.165, 1.54) is 11.3 Å². The van der Waals surface area contributed by atoms with Crippen molar-refractivity contribution in [2.24, 2.45) is 0 Å². The van der Waals surface area contributed by atoms with Gasteiger partial charge in [-0.25, -0.2) is 4.98 Å². The second kappa shape index (κ2) is 5.98. The normalized spacial score (nSPS) is 10.1. The van der Waals surface area contributed by atoms with Gasteiger partial charge in [-0.05, 0) is 19.8 Å². The number of thiazole rings is 1. The molecule has 0 bridgehead atoms. The molecule has 0 spiro atoms. The van der Waals surface area contributed by atoms with Crippen LogP contribution in [0.3, 0.4) is 0 Å². The zero-order valence-corrected chi connectivity index (χ0v) is 9.62. The summed E-state index contributed by atoms with van der Waals surface area (Å²) < 4.78 is 0. The Kier molecular flexibility index (Phi) is 4.90. The van der Waals surface area contributed by atoms with E-state index < -0.39 is 0 Å². The van der Waals surface area contributed by atoms with Gasteiger partial charge in [-0.1, -0.05) is 0 Å². The molecule has 0 aromatic carbocycles. The van der Waals surface area contributed by atoms with Gasteiger partial charge >= 0.3 is 0 Å². The highest BCUT2D eigenvalue weighted by Crippen LogP contribution is 2.14. The minimum absolute atomic E-state index is 0.0180. The molecule has 0 saturated heterocycles. The van der Waals surface area contributed by atoms with Gasteiger partial charge in [-0.15, -0.1) is 22.9 Å². The zero-order valence-electron chi connectivity index (χ0n) is 8.05. The Morgan fingerprint density at radius 1 is 1.64 bits per heavy atom. The number of anilines is 1. The predicted molar refractivity (Wildman–Crippen MR) is 60.1 cm³/mol. The molecule has 0 radical (unpaired) electrons. The Labute approximate surface area is 92.5 Å². The van der Waals surface area contributed by atoms with E-state index >= 15 is 0 Å². The number of hydrogen-bond acceptors (Lipinski definition) is 3. The lowest BCUT2D eigenvalue weighted by molar-refractivity contribution is -0.116. The van der Waals surface area contributed by atoms with E-state index in [0.29, 0.717) is 17.4 Å². The summed E-state index contributed by atoms with van der Waals surface area (Å²) in [4.78, 5) is 15.4. The Morgan fingerprint density at radius 3 is 3.00 bits per heavy atom. The van der Waals surface area contributed by atoms with Crippen LogP contribution in [0.1, 0.15) is 25.0 Å². The highest BCUT2D eigenvalue weighted by Gasteiger charge is 2.04. The molecule has 1 aromatic rings. The highest BCUT2D eigenvalue weighted by atomic mass is 35.5. The van der Waals surface area contributed by atoms with E-state index in [0.717, 1.165) is 18.5 Å². The standard InChI is InChI=1S/C9H13ClN2OS/c1-7-6-14-9(11-7)12-8(13)4-2-3-5-10/h6H,2-5H2,1H3,(H,11,12,13). The van der Waals surface area contributed by atoms with Crippen LogP contribution in [0.4, 0.5) is 5.13 Å². The molecule has 1 N–H and O–H groups in total. The lowest BCUT2D eigenvalue weighted by Gasteiger charge is -1.99. The summed E-state index contributed by atoms with van der Waals surface area (Å²) in [6.07, 6.45) is 2.23. The first kappa shape index (κ1) is 11.5. The van der Waals surface area contributed by atoms with Crippen LogP contribution in [-0.4, -0.2) is 16.8 Å². The van der Waals surface area contributed by atoms with E-state index in [4.69, 9.17) is 11.6 Å². The van der Waals surface area contributed by atoms with Crippen LogP contribution in [0.15, 0.2) is 5.38 Å². The summed E-state index contributed by atoms with van der Waals surface area (Å²) in [6, 6.07) is 0. The van der Waals surface area contributed by atoms with Crippen molar-refractivity contribution in [3.05, 3.63) is 11.1 Å². The molecule has 3 nitrogen and oxygen atoms in total. The number of aromatic nitrogens is 1. The summed E-state index contributed by atoms with van der Waals surface area (Å²) in [5.41, 5.74) is 0.936. The van der Waals surface area contributed by atoms with Crippen molar-refractivity contribution in [2.45, 2.75) is 26.2 Å². The average Bonchev–Trinajstić information content (AvgIpc) is 2.52. The fourth-order valence-corrected chi connectivity index (χ4v) is 1.87. The Hall–Kier alpha value is -0.610. The third-order valence-electron chi connectivity index (χ3n) is 1.65.